The molecule has 0 bridgehead atoms. The van der Waals surface area contributed by atoms with Gasteiger partial charge in [-0.15, -0.1) is 0 Å². The minimum Gasteiger partial charge on any atom is -0.489 e. The Bertz CT molecular complexity index is 984. The molecule has 1 heterocycles. The largest absolute Gasteiger partial charge is 0.489 e. The topological polar surface area (TPSA) is 50.8 Å². The van der Waals surface area contributed by atoms with Gasteiger partial charge in [0.15, 0.2) is 0 Å². The van der Waals surface area contributed by atoms with Crippen LogP contribution in [0.4, 0.5) is 15.8 Å². The Morgan fingerprint density at radius 3 is 2.47 bits per heavy atom. The minimum absolute atomic E-state index is 0.207. The zero-order valence-electron chi connectivity index (χ0n) is 16.5. The van der Waals surface area contributed by atoms with Gasteiger partial charge < -0.3 is 19.7 Å². The van der Waals surface area contributed by atoms with Gasteiger partial charge in [0.25, 0.3) is 5.91 Å². The highest BCUT2D eigenvalue weighted by molar-refractivity contribution is 6.04. The van der Waals surface area contributed by atoms with E-state index in [1.54, 1.807) is 36.4 Å². The maximum atomic E-state index is 13.0. The number of nitrogens with zero attached hydrogens (tertiary/aromatic N) is 1. The van der Waals surface area contributed by atoms with Gasteiger partial charge in [0.1, 0.15) is 18.2 Å². The summed E-state index contributed by atoms with van der Waals surface area (Å²) in [6.07, 6.45) is 0. The van der Waals surface area contributed by atoms with E-state index in [4.69, 9.17) is 9.47 Å². The second-order valence-corrected chi connectivity index (χ2v) is 7.04. The lowest BCUT2D eigenvalue weighted by atomic mass is 10.2. The van der Waals surface area contributed by atoms with E-state index in [-0.39, 0.29) is 11.7 Å². The summed E-state index contributed by atoms with van der Waals surface area (Å²) < 4.78 is 24.1. The molecule has 0 atom stereocenters. The van der Waals surface area contributed by atoms with E-state index in [0.29, 0.717) is 17.9 Å². The Hall–Kier alpha value is -3.38. The lowest BCUT2D eigenvalue weighted by Crippen LogP contribution is -2.36. The molecule has 0 aromatic heterocycles. The Labute approximate surface area is 175 Å². The molecule has 0 saturated carbocycles. The van der Waals surface area contributed by atoms with E-state index < -0.39 is 0 Å². The Kier molecular flexibility index (Phi) is 6.25. The molecule has 3 aromatic carbocycles. The van der Waals surface area contributed by atoms with Crippen LogP contribution in [0, 0.1) is 5.82 Å². The van der Waals surface area contributed by atoms with Crippen LogP contribution in [-0.2, 0) is 11.3 Å². The number of carbonyl (C=O) groups is 1. The molecule has 0 aliphatic carbocycles. The highest BCUT2D eigenvalue weighted by atomic mass is 19.1. The molecule has 1 N–H and O–H groups in total. The molecule has 30 heavy (non-hydrogen) atoms. The number of hydrogen-bond donors (Lipinski definition) is 1. The number of carbonyl (C=O) groups excluding carboxylic acids is 1. The van der Waals surface area contributed by atoms with Crippen LogP contribution in [0.5, 0.6) is 5.75 Å². The van der Waals surface area contributed by atoms with E-state index >= 15 is 0 Å². The third-order valence-corrected chi connectivity index (χ3v) is 4.92. The number of ether oxygens (including phenoxy) is 2. The first kappa shape index (κ1) is 19.9. The number of nitrogens with one attached hydrogen (secondary N) is 1. The van der Waals surface area contributed by atoms with Crippen LogP contribution in [0.3, 0.4) is 0 Å². The summed E-state index contributed by atoms with van der Waals surface area (Å²) in [5, 5.41) is 2.92. The van der Waals surface area contributed by atoms with Gasteiger partial charge in [-0.05, 0) is 60.2 Å². The Morgan fingerprint density at radius 1 is 1.00 bits per heavy atom. The van der Waals surface area contributed by atoms with Gasteiger partial charge in [0.2, 0.25) is 0 Å². The highest BCUT2D eigenvalue weighted by Crippen LogP contribution is 2.21. The number of rotatable bonds is 6. The van der Waals surface area contributed by atoms with Gasteiger partial charge in [-0.25, -0.2) is 4.39 Å². The fourth-order valence-electron chi connectivity index (χ4n) is 3.25. The molecular formula is C24H23FN2O3. The fraction of sp³-hybridized carbons (Fsp3) is 0.208. The molecule has 0 unspecified atom stereocenters. The molecule has 4 rings (SSSR count). The van der Waals surface area contributed by atoms with Crippen molar-refractivity contribution >= 4 is 17.3 Å². The maximum absolute atomic E-state index is 13.0. The van der Waals surface area contributed by atoms with Crippen molar-refractivity contribution in [3.63, 3.8) is 0 Å². The van der Waals surface area contributed by atoms with Crippen molar-refractivity contribution in [3.8, 4) is 5.75 Å². The van der Waals surface area contributed by atoms with E-state index in [1.165, 1.54) is 12.1 Å². The van der Waals surface area contributed by atoms with Crippen molar-refractivity contribution in [2.45, 2.75) is 6.61 Å². The van der Waals surface area contributed by atoms with E-state index in [0.717, 1.165) is 43.2 Å². The van der Waals surface area contributed by atoms with Crippen LogP contribution < -0.4 is 15.0 Å². The van der Waals surface area contributed by atoms with Crippen LogP contribution in [0.15, 0.2) is 72.8 Å². The lowest BCUT2D eigenvalue weighted by molar-refractivity contribution is 0.102. The number of amides is 1. The Balaban J connectivity index is 1.36. The van der Waals surface area contributed by atoms with Crippen molar-refractivity contribution in [3.05, 3.63) is 89.7 Å². The van der Waals surface area contributed by atoms with E-state index in [1.807, 2.05) is 24.3 Å². The highest BCUT2D eigenvalue weighted by Gasteiger charge is 2.12. The molecule has 5 nitrogen and oxygen atoms in total. The minimum atomic E-state index is -0.282. The summed E-state index contributed by atoms with van der Waals surface area (Å²) in [5.74, 6) is 0.0893. The first-order chi connectivity index (χ1) is 14.7. The number of anilines is 2. The second-order valence-electron chi connectivity index (χ2n) is 7.04. The summed E-state index contributed by atoms with van der Waals surface area (Å²) in [6, 6.07) is 20.9. The number of morpholine rings is 1. The fourth-order valence-corrected chi connectivity index (χ4v) is 3.25. The third-order valence-electron chi connectivity index (χ3n) is 4.92. The molecule has 0 radical (unpaired) electrons. The second kappa shape index (κ2) is 9.41. The normalized spacial score (nSPS) is 13.7. The lowest BCUT2D eigenvalue weighted by Gasteiger charge is -2.28. The van der Waals surface area contributed by atoms with Gasteiger partial charge in [0.05, 0.1) is 13.2 Å². The SMILES string of the molecule is O=C(Nc1ccc(N2CCOCC2)cc1)c1cccc(OCc2ccc(F)cc2)c1. The van der Waals surface area contributed by atoms with E-state index in [2.05, 4.69) is 10.2 Å². The van der Waals surface area contributed by atoms with Gasteiger partial charge in [-0.3, -0.25) is 4.79 Å². The smallest absolute Gasteiger partial charge is 0.255 e. The Morgan fingerprint density at radius 2 is 1.73 bits per heavy atom. The maximum Gasteiger partial charge on any atom is 0.255 e. The molecule has 1 amide bonds. The van der Waals surface area contributed by atoms with Crippen molar-refractivity contribution < 1.29 is 18.7 Å². The van der Waals surface area contributed by atoms with Crippen molar-refractivity contribution in [1.82, 2.24) is 0 Å². The zero-order chi connectivity index (χ0) is 20.8. The molecule has 0 spiro atoms. The zero-order valence-corrected chi connectivity index (χ0v) is 16.5. The molecular weight excluding hydrogens is 383 g/mol. The molecule has 154 valence electrons. The summed E-state index contributed by atoms with van der Waals surface area (Å²) in [7, 11) is 0. The molecule has 3 aromatic rings. The van der Waals surface area contributed by atoms with Gasteiger partial charge >= 0.3 is 0 Å². The van der Waals surface area contributed by atoms with Crippen LogP contribution in [0.25, 0.3) is 0 Å². The van der Waals surface area contributed by atoms with Crippen molar-refractivity contribution in [2.24, 2.45) is 0 Å². The van der Waals surface area contributed by atoms with Gasteiger partial charge in [-0.2, -0.15) is 0 Å². The molecule has 1 fully saturated rings. The molecule has 1 saturated heterocycles. The van der Waals surface area contributed by atoms with Crippen LogP contribution in [0.2, 0.25) is 0 Å². The van der Waals surface area contributed by atoms with E-state index in [9.17, 15) is 9.18 Å². The first-order valence-corrected chi connectivity index (χ1v) is 9.89. The predicted octanol–water partition coefficient (Wildman–Crippen LogP) is 4.49. The quantitative estimate of drug-likeness (QED) is 0.655. The monoisotopic (exact) mass is 406 g/mol. The third kappa shape index (κ3) is 5.15. The standard InChI is InChI=1S/C24H23FN2O3/c25-20-6-4-18(5-7-20)17-30-23-3-1-2-19(16-23)24(28)26-21-8-10-22(11-9-21)27-12-14-29-15-13-27/h1-11,16H,12-15,17H2,(H,26,28). The predicted molar refractivity (Wildman–Crippen MR) is 115 cm³/mol. The summed E-state index contributed by atoms with van der Waals surface area (Å²) in [5.41, 5.74) is 3.21. The molecule has 1 aliphatic rings. The molecule has 6 heteroatoms. The van der Waals surface area contributed by atoms with Gasteiger partial charge in [0, 0.05) is 30.0 Å². The summed E-state index contributed by atoms with van der Waals surface area (Å²) >= 11 is 0. The number of hydrogen-bond acceptors (Lipinski definition) is 4. The van der Waals surface area contributed by atoms with Crippen LogP contribution >= 0.6 is 0 Å². The van der Waals surface area contributed by atoms with Crippen LogP contribution in [-0.4, -0.2) is 32.2 Å². The van der Waals surface area contributed by atoms with Crippen LogP contribution in [0.1, 0.15) is 15.9 Å². The average Bonchev–Trinajstić information content (AvgIpc) is 2.80. The van der Waals surface area contributed by atoms with Gasteiger partial charge in [-0.1, -0.05) is 18.2 Å². The first-order valence-electron chi connectivity index (χ1n) is 9.89. The van der Waals surface area contributed by atoms with Crippen molar-refractivity contribution in [1.29, 1.82) is 0 Å². The number of benzene rings is 3. The summed E-state index contributed by atoms with van der Waals surface area (Å²) in [6.45, 7) is 3.51. The molecule has 1 aliphatic heterocycles. The van der Waals surface area contributed by atoms with Crippen molar-refractivity contribution in [2.75, 3.05) is 36.5 Å². The number of halogens is 1. The summed E-state index contributed by atoms with van der Waals surface area (Å²) in [4.78, 5) is 14.9. The average molecular weight is 406 g/mol.